The van der Waals surface area contributed by atoms with Gasteiger partial charge in [0.25, 0.3) is 0 Å². The molecule has 21 heavy (non-hydrogen) atoms. The molecule has 2 aromatic carbocycles. The zero-order chi connectivity index (χ0) is 15.4. The van der Waals surface area contributed by atoms with Crippen LogP contribution in [0.2, 0.25) is 0 Å². The normalized spacial score (nSPS) is 12.2. The van der Waals surface area contributed by atoms with Crippen LogP contribution in [-0.4, -0.2) is 6.61 Å². The van der Waals surface area contributed by atoms with Gasteiger partial charge >= 0.3 is 0 Å². The average molecular weight is 376 g/mol. The highest BCUT2D eigenvalue weighted by molar-refractivity contribution is 9.10. The molecule has 2 aromatic rings. The molecule has 0 aliphatic rings. The first-order valence-electron chi connectivity index (χ1n) is 6.54. The summed E-state index contributed by atoms with van der Waals surface area (Å²) in [6, 6.07) is 9.12. The second-order valence-corrected chi connectivity index (χ2v) is 5.87. The topological polar surface area (TPSA) is 9.23 Å². The van der Waals surface area contributed by atoms with Crippen molar-refractivity contribution < 1.29 is 13.5 Å². The molecular formula is C16H14BrClF2O. The highest BCUT2D eigenvalue weighted by Gasteiger charge is 2.15. The van der Waals surface area contributed by atoms with E-state index in [0.29, 0.717) is 12.2 Å². The SMILES string of the molecule is CCCOc1ccc(C(Cl)c2ccc(F)c(F)c2)cc1Br. The van der Waals surface area contributed by atoms with Crippen molar-refractivity contribution in [2.75, 3.05) is 6.61 Å². The predicted molar refractivity (Wildman–Crippen MR) is 84.0 cm³/mol. The van der Waals surface area contributed by atoms with E-state index in [4.69, 9.17) is 16.3 Å². The highest BCUT2D eigenvalue weighted by atomic mass is 79.9. The van der Waals surface area contributed by atoms with Gasteiger partial charge in [-0.1, -0.05) is 19.1 Å². The van der Waals surface area contributed by atoms with Gasteiger partial charge < -0.3 is 4.74 Å². The van der Waals surface area contributed by atoms with Gasteiger partial charge in [-0.3, -0.25) is 0 Å². The lowest BCUT2D eigenvalue weighted by Crippen LogP contribution is -1.99. The maximum absolute atomic E-state index is 13.3. The van der Waals surface area contributed by atoms with E-state index in [1.165, 1.54) is 6.07 Å². The lowest BCUT2D eigenvalue weighted by atomic mass is 10.0. The number of halogens is 4. The third kappa shape index (κ3) is 3.95. The molecule has 5 heteroatoms. The Morgan fingerprint density at radius 2 is 1.76 bits per heavy atom. The molecule has 0 aromatic heterocycles. The van der Waals surface area contributed by atoms with Crippen LogP contribution in [0.3, 0.4) is 0 Å². The van der Waals surface area contributed by atoms with E-state index in [0.717, 1.165) is 34.3 Å². The van der Waals surface area contributed by atoms with Crippen LogP contribution in [0.25, 0.3) is 0 Å². The summed E-state index contributed by atoms with van der Waals surface area (Å²) >= 11 is 9.76. The first kappa shape index (κ1) is 16.2. The van der Waals surface area contributed by atoms with Crippen molar-refractivity contribution in [1.29, 1.82) is 0 Å². The molecule has 0 radical (unpaired) electrons. The van der Waals surface area contributed by atoms with Crippen LogP contribution < -0.4 is 4.74 Å². The largest absolute Gasteiger partial charge is 0.492 e. The number of hydrogen-bond acceptors (Lipinski definition) is 1. The van der Waals surface area contributed by atoms with Crippen LogP contribution in [0.1, 0.15) is 29.8 Å². The Morgan fingerprint density at radius 3 is 2.38 bits per heavy atom. The third-order valence-corrected chi connectivity index (χ3v) is 4.07. The van der Waals surface area contributed by atoms with E-state index in [1.807, 2.05) is 25.1 Å². The van der Waals surface area contributed by atoms with Crippen molar-refractivity contribution >= 4 is 27.5 Å². The van der Waals surface area contributed by atoms with Crippen molar-refractivity contribution in [3.63, 3.8) is 0 Å². The molecule has 0 spiro atoms. The molecule has 0 saturated carbocycles. The molecule has 0 fully saturated rings. The van der Waals surface area contributed by atoms with E-state index in [1.54, 1.807) is 0 Å². The van der Waals surface area contributed by atoms with Gasteiger partial charge in [-0.25, -0.2) is 8.78 Å². The van der Waals surface area contributed by atoms with Crippen molar-refractivity contribution in [2.24, 2.45) is 0 Å². The number of alkyl halides is 1. The highest BCUT2D eigenvalue weighted by Crippen LogP contribution is 2.34. The molecule has 1 atom stereocenters. The summed E-state index contributed by atoms with van der Waals surface area (Å²) < 4.78 is 32.6. The third-order valence-electron chi connectivity index (χ3n) is 2.95. The van der Waals surface area contributed by atoms with Gasteiger partial charge in [-0.05, 0) is 57.7 Å². The molecule has 0 heterocycles. The minimum Gasteiger partial charge on any atom is -0.492 e. The number of hydrogen-bond donors (Lipinski definition) is 0. The van der Waals surface area contributed by atoms with Crippen LogP contribution in [0.15, 0.2) is 40.9 Å². The number of rotatable bonds is 5. The van der Waals surface area contributed by atoms with Gasteiger partial charge in [-0.2, -0.15) is 0 Å². The Morgan fingerprint density at radius 1 is 1.10 bits per heavy atom. The fraction of sp³-hybridized carbons (Fsp3) is 0.250. The van der Waals surface area contributed by atoms with Crippen LogP contribution in [0, 0.1) is 11.6 Å². The lowest BCUT2D eigenvalue weighted by molar-refractivity contribution is 0.315. The second-order valence-electron chi connectivity index (χ2n) is 4.57. The Balaban J connectivity index is 2.24. The Bertz CT molecular complexity index is 634. The van der Waals surface area contributed by atoms with Gasteiger partial charge in [0.2, 0.25) is 0 Å². The summed E-state index contributed by atoms with van der Waals surface area (Å²) in [6.07, 6.45) is 0.918. The fourth-order valence-electron chi connectivity index (χ4n) is 1.87. The molecule has 1 unspecified atom stereocenters. The molecule has 1 nitrogen and oxygen atoms in total. The van der Waals surface area contributed by atoms with E-state index in [-0.39, 0.29) is 0 Å². The van der Waals surface area contributed by atoms with Crippen LogP contribution in [0.4, 0.5) is 8.78 Å². The van der Waals surface area contributed by atoms with Crippen molar-refractivity contribution in [2.45, 2.75) is 18.7 Å². The molecule has 0 aliphatic heterocycles. The smallest absolute Gasteiger partial charge is 0.159 e. The van der Waals surface area contributed by atoms with Crippen molar-refractivity contribution in [1.82, 2.24) is 0 Å². The molecule has 0 aliphatic carbocycles. The zero-order valence-corrected chi connectivity index (χ0v) is 13.7. The van der Waals surface area contributed by atoms with E-state index in [2.05, 4.69) is 15.9 Å². The summed E-state index contributed by atoms with van der Waals surface area (Å²) in [5.74, 6) is -1.05. The van der Waals surface area contributed by atoms with Gasteiger partial charge in [0.05, 0.1) is 16.5 Å². The molecule has 2 rings (SSSR count). The lowest BCUT2D eigenvalue weighted by Gasteiger charge is -2.13. The molecule has 0 N–H and O–H groups in total. The molecule has 0 saturated heterocycles. The Labute approximate surface area is 136 Å². The Hall–Kier alpha value is -1.13. The number of ether oxygens (including phenoxy) is 1. The number of benzene rings is 2. The quantitative estimate of drug-likeness (QED) is 0.596. The molecule has 112 valence electrons. The van der Waals surface area contributed by atoms with E-state index < -0.39 is 17.0 Å². The van der Waals surface area contributed by atoms with E-state index >= 15 is 0 Å². The predicted octanol–water partition coefficient (Wildman–Crippen LogP) is 5.84. The molecule has 0 bridgehead atoms. The van der Waals surface area contributed by atoms with E-state index in [9.17, 15) is 8.78 Å². The average Bonchev–Trinajstić information content (AvgIpc) is 2.48. The van der Waals surface area contributed by atoms with Crippen molar-refractivity contribution in [3.05, 3.63) is 63.6 Å². The van der Waals surface area contributed by atoms with Gasteiger partial charge in [0, 0.05) is 0 Å². The molecule has 0 amide bonds. The maximum Gasteiger partial charge on any atom is 0.159 e. The monoisotopic (exact) mass is 374 g/mol. The first-order chi connectivity index (χ1) is 10.0. The summed E-state index contributed by atoms with van der Waals surface area (Å²) in [5.41, 5.74) is 1.28. The Kier molecular flexibility index (Phi) is 5.59. The minimum atomic E-state index is -0.903. The first-order valence-corrected chi connectivity index (χ1v) is 7.77. The fourth-order valence-corrected chi connectivity index (χ4v) is 2.65. The standard InChI is InChI=1S/C16H14BrClF2O/c1-2-7-21-15-6-4-10(8-12(15)17)16(18)11-3-5-13(19)14(20)9-11/h3-6,8-9,16H,2,7H2,1H3. The minimum absolute atomic E-state index is 0.504. The summed E-state index contributed by atoms with van der Waals surface area (Å²) in [5, 5.41) is -0.559. The summed E-state index contributed by atoms with van der Waals surface area (Å²) in [7, 11) is 0. The van der Waals surface area contributed by atoms with Crippen LogP contribution in [0.5, 0.6) is 5.75 Å². The van der Waals surface area contributed by atoms with Crippen LogP contribution in [-0.2, 0) is 0 Å². The zero-order valence-electron chi connectivity index (χ0n) is 11.4. The van der Waals surface area contributed by atoms with Gasteiger partial charge in [0.15, 0.2) is 11.6 Å². The van der Waals surface area contributed by atoms with Gasteiger partial charge in [-0.15, -0.1) is 11.6 Å². The van der Waals surface area contributed by atoms with Gasteiger partial charge in [0.1, 0.15) is 5.75 Å². The van der Waals surface area contributed by atoms with Crippen molar-refractivity contribution in [3.8, 4) is 5.75 Å². The second kappa shape index (κ2) is 7.23. The summed E-state index contributed by atoms with van der Waals surface area (Å²) in [6.45, 7) is 2.66. The molecular weight excluding hydrogens is 362 g/mol. The maximum atomic E-state index is 13.3. The van der Waals surface area contributed by atoms with Crippen LogP contribution >= 0.6 is 27.5 Å². The summed E-state index contributed by atoms with van der Waals surface area (Å²) in [4.78, 5) is 0.